The highest BCUT2D eigenvalue weighted by molar-refractivity contribution is 5.96. The number of pyridine rings is 1. The molecule has 0 radical (unpaired) electrons. The molecular weight excluding hydrogens is 434 g/mol. The lowest BCUT2D eigenvalue weighted by Gasteiger charge is -2.14. The molecule has 0 atom stereocenters. The summed E-state index contributed by atoms with van der Waals surface area (Å²) in [5.74, 6) is -0.566. The molecule has 0 bridgehead atoms. The molecule has 1 aliphatic rings. The van der Waals surface area contributed by atoms with Crippen molar-refractivity contribution in [1.82, 2.24) is 10.3 Å². The van der Waals surface area contributed by atoms with Gasteiger partial charge in [-0.2, -0.15) is 0 Å². The van der Waals surface area contributed by atoms with Crippen molar-refractivity contribution < 1.29 is 19.7 Å². The van der Waals surface area contributed by atoms with Crippen LogP contribution in [0.4, 0.5) is 8.78 Å². The van der Waals surface area contributed by atoms with Crippen LogP contribution in [0.25, 0.3) is 5.57 Å². The average molecular weight is 465 g/mol. The van der Waals surface area contributed by atoms with Crippen LogP contribution in [-0.4, -0.2) is 10.9 Å². The van der Waals surface area contributed by atoms with Gasteiger partial charge < -0.3 is 10.1 Å². The predicted molar refractivity (Wildman–Crippen MR) is 133 cm³/mol. The fourth-order valence-corrected chi connectivity index (χ4v) is 3.64. The number of aromatic nitrogens is 1. The number of hydrogen-bond donors (Lipinski definition) is 1. The van der Waals surface area contributed by atoms with Crippen LogP contribution in [0, 0.1) is 18.6 Å². The number of rotatable bonds is 6. The summed E-state index contributed by atoms with van der Waals surface area (Å²) in [6, 6.07) is 12.0. The van der Waals surface area contributed by atoms with Crippen molar-refractivity contribution in [2.45, 2.75) is 40.7 Å². The Balaban J connectivity index is 0.00000140. The summed E-state index contributed by atoms with van der Waals surface area (Å²) in [5, 5.41) is 2.70. The smallest absolute Gasteiger partial charge is 0.251 e. The molecule has 0 unspecified atom stereocenters. The molecule has 1 aliphatic carbocycles. The van der Waals surface area contributed by atoms with Crippen LogP contribution in [0.2, 0.25) is 0 Å². The van der Waals surface area contributed by atoms with E-state index in [-0.39, 0.29) is 13.9 Å². The van der Waals surface area contributed by atoms with E-state index in [2.05, 4.69) is 29.4 Å². The number of halogens is 2. The molecule has 0 spiro atoms. The van der Waals surface area contributed by atoms with Crippen LogP contribution in [0.3, 0.4) is 0 Å². The summed E-state index contributed by atoms with van der Waals surface area (Å²) in [7, 11) is 0. The van der Waals surface area contributed by atoms with Crippen LogP contribution in [0.15, 0.2) is 72.5 Å². The number of carbonyl (C=O) groups is 1. The zero-order valence-electron chi connectivity index (χ0n) is 19.8. The molecule has 0 saturated carbocycles. The monoisotopic (exact) mass is 464 g/mol. The zero-order valence-corrected chi connectivity index (χ0v) is 19.8. The first-order valence-electron chi connectivity index (χ1n) is 11.2. The fraction of sp³-hybridized carbons (Fsp3) is 0.214. The Kier molecular flexibility index (Phi) is 8.30. The van der Waals surface area contributed by atoms with Crippen LogP contribution in [-0.2, 0) is 6.54 Å². The standard InChI is InChI=1S/C26H22F2N2O2.C2H6.H2/c1-16-5-3-6-22(16)24-14-21(9-10-29-24)32-25-8-4-7-23(17(25)2)26(31)30-15-18-11-19(27)13-20(28)12-18;1-2;/h4-14H,3,15H2,1-2H3,(H,30,31);1-2H3;1H. The van der Waals surface area contributed by atoms with Crippen molar-refractivity contribution in [3.05, 3.63) is 106 Å². The molecular formula is C28H30F2N2O2. The molecule has 6 heteroatoms. The highest BCUT2D eigenvalue weighted by atomic mass is 19.1. The molecule has 2 aromatic carbocycles. The molecule has 1 N–H and O–H groups in total. The Labute approximate surface area is 200 Å². The molecule has 4 nitrogen and oxygen atoms in total. The van der Waals surface area contributed by atoms with E-state index in [0.29, 0.717) is 28.2 Å². The lowest BCUT2D eigenvalue weighted by atomic mass is 10.1. The first kappa shape index (κ1) is 24.8. The minimum absolute atomic E-state index is 0. The highest BCUT2D eigenvalue weighted by Gasteiger charge is 2.15. The first-order chi connectivity index (χ1) is 16.4. The molecule has 3 aromatic rings. The highest BCUT2D eigenvalue weighted by Crippen LogP contribution is 2.32. The second-order valence-electron chi connectivity index (χ2n) is 7.61. The minimum atomic E-state index is -0.684. The Hall–Kier alpha value is -3.80. The summed E-state index contributed by atoms with van der Waals surface area (Å²) in [6.07, 6.45) is 6.87. The van der Waals surface area contributed by atoms with Gasteiger partial charge in [-0.25, -0.2) is 8.78 Å². The van der Waals surface area contributed by atoms with Crippen molar-refractivity contribution in [3.63, 3.8) is 0 Å². The quantitative estimate of drug-likeness (QED) is 0.414. The molecule has 0 saturated heterocycles. The molecule has 0 aliphatic heterocycles. The number of ether oxygens (including phenoxy) is 1. The van der Waals surface area contributed by atoms with E-state index < -0.39 is 11.6 Å². The molecule has 0 fully saturated rings. The van der Waals surface area contributed by atoms with E-state index in [1.807, 2.05) is 19.9 Å². The molecule has 178 valence electrons. The first-order valence-corrected chi connectivity index (χ1v) is 11.2. The Morgan fingerprint density at radius 1 is 1.06 bits per heavy atom. The number of nitrogens with zero attached hydrogens (tertiary/aromatic N) is 1. The largest absolute Gasteiger partial charge is 0.457 e. The lowest BCUT2D eigenvalue weighted by molar-refractivity contribution is 0.0950. The third kappa shape index (κ3) is 5.95. The molecule has 4 rings (SSSR count). The van der Waals surface area contributed by atoms with Gasteiger partial charge in [0.15, 0.2) is 0 Å². The van der Waals surface area contributed by atoms with E-state index in [4.69, 9.17) is 4.74 Å². The van der Waals surface area contributed by atoms with Gasteiger partial charge in [0, 0.05) is 37.4 Å². The Morgan fingerprint density at radius 2 is 1.79 bits per heavy atom. The topological polar surface area (TPSA) is 51.2 Å². The number of amides is 1. The molecule has 1 amide bonds. The summed E-state index contributed by atoms with van der Waals surface area (Å²) in [5.41, 5.74) is 4.53. The van der Waals surface area contributed by atoms with Gasteiger partial charge in [-0.1, -0.05) is 32.1 Å². The Bertz CT molecular complexity index is 1240. The van der Waals surface area contributed by atoms with Gasteiger partial charge in [0.2, 0.25) is 0 Å². The summed E-state index contributed by atoms with van der Waals surface area (Å²) >= 11 is 0. The van der Waals surface area contributed by atoms with Gasteiger partial charge in [0.25, 0.3) is 5.91 Å². The zero-order chi connectivity index (χ0) is 24.7. The van der Waals surface area contributed by atoms with Crippen LogP contribution < -0.4 is 10.1 Å². The number of benzene rings is 2. The molecule has 34 heavy (non-hydrogen) atoms. The summed E-state index contributed by atoms with van der Waals surface area (Å²) in [6.45, 7) is 7.85. The van der Waals surface area contributed by atoms with Crippen molar-refractivity contribution >= 4 is 11.5 Å². The van der Waals surface area contributed by atoms with Crippen molar-refractivity contribution in [1.29, 1.82) is 0 Å². The molecule has 1 heterocycles. The number of carbonyl (C=O) groups excluding carboxylic acids is 1. The second kappa shape index (κ2) is 11.4. The van der Waals surface area contributed by atoms with Crippen molar-refractivity contribution in [2.24, 2.45) is 0 Å². The van der Waals surface area contributed by atoms with Crippen molar-refractivity contribution in [3.8, 4) is 11.5 Å². The number of allylic oxidation sites excluding steroid dienone is 4. The van der Waals surface area contributed by atoms with Gasteiger partial charge in [0.05, 0.1) is 5.69 Å². The fourth-order valence-electron chi connectivity index (χ4n) is 3.64. The SMILES string of the molecule is CC.CC1=CCC=C1c1cc(Oc2cccc(C(=O)NCc3cc(F)cc(F)c3)c2C)ccn1.[HH]. The third-order valence-electron chi connectivity index (χ3n) is 5.31. The normalized spacial score (nSPS) is 12.3. The summed E-state index contributed by atoms with van der Waals surface area (Å²) < 4.78 is 32.8. The van der Waals surface area contributed by atoms with Crippen LogP contribution in [0.5, 0.6) is 11.5 Å². The van der Waals surface area contributed by atoms with E-state index in [9.17, 15) is 13.6 Å². The van der Waals surface area contributed by atoms with Gasteiger partial charge in [0.1, 0.15) is 23.1 Å². The van der Waals surface area contributed by atoms with Gasteiger partial charge in [-0.3, -0.25) is 9.78 Å². The third-order valence-corrected chi connectivity index (χ3v) is 5.31. The number of nitrogens with one attached hydrogen (secondary N) is 1. The Morgan fingerprint density at radius 3 is 2.47 bits per heavy atom. The van der Waals surface area contributed by atoms with E-state index in [1.165, 1.54) is 17.7 Å². The maximum atomic E-state index is 13.4. The second-order valence-corrected chi connectivity index (χ2v) is 7.61. The summed E-state index contributed by atoms with van der Waals surface area (Å²) in [4.78, 5) is 17.1. The van der Waals surface area contributed by atoms with E-state index >= 15 is 0 Å². The van der Waals surface area contributed by atoms with E-state index in [1.54, 1.807) is 37.4 Å². The number of hydrogen-bond acceptors (Lipinski definition) is 3. The van der Waals surface area contributed by atoms with Crippen LogP contribution in [0.1, 0.15) is 55.8 Å². The van der Waals surface area contributed by atoms with Crippen molar-refractivity contribution in [2.75, 3.05) is 0 Å². The van der Waals surface area contributed by atoms with E-state index in [0.717, 1.165) is 23.8 Å². The van der Waals surface area contributed by atoms with Crippen LogP contribution >= 0.6 is 0 Å². The maximum Gasteiger partial charge on any atom is 0.251 e. The lowest BCUT2D eigenvalue weighted by Crippen LogP contribution is -2.23. The van der Waals surface area contributed by atoms with Gasteiger partial charge in [-0.15, -0.1) is 0 Å². The predicted octanol–water partition coefficient (Wildman–Crippen LogP) is 7.40. The maximum absolute atomic E-state index is 13.4. The molecule has 1 aromatic heterocycles. The average Bonchev–Trinajstić information content (AvgIpc) is 3.26. The van der Waals surface area contributed by atoms with Gasteiger partial charge >= 0.3 is 0 Å². The minimum Gasteiger partial charge on any atom is -0.457 e. The van der Waals surface area contributed by atoms with Gasteiger partial charge in [-0.05, 0) is 67.3 Å².